The van der Waals surface area contributed by atoms with Crippen LogP contribution in [0.2, 0.25) is 0 Å². The van der Waals surface area contributed by atoms with Crippen molar-refractivity contribution >= 4 is 17.0 Å². The normalized spacial score (nSPS) is 14.5. The van der Waals surface area contributed by atoms with E-state index in [0.717, 1.165) is 30.2 Å². The Morgan fingerprint density at radius 1 is 1.21 bits per heavy atom. The lowest BCUT2D eigenvalue weighted by Crippen LogP contribution is -2.25. The number of thiazole rings is 1. The third kappa shape index (κ3) is 3.14. The highest BCUT2D eigenvalue weighted by Crippen LogP contribution is 2.31. The molecule has 4 heteroatoms. The molecule has 3 rings (SSSR count). The van der Waals surface area contributed by atoms with Crippen molar-refractivity contribution in [3.63, 3.8) is 0 Å². The Morgan fingerprint density at radius 2 is 1.89 bits per heavy atom. The van der Waals surface area contributed by atoms with E-state index in [1.54, 1.807) is 11.3 Å². The standard InChI is InChI=1S/C13H15N3S.C2H6/c1-16-7-6-11-12(8-16)17-13(15-11)9-2-4-10(14)5-3-9;1-2/h2-5H,6-8,14H2,1H3;1-2H3. The molecule has 19 heavy (non-hydrogen) atoms. The number of hydrogen-bond acceptors (Lipinski definition) is 4. The Labute approximate surface area is 119 Å². The van der Waals surface area contributed by atoms with Crippen LogP contribution in [-0.4, -0.2) is 23.5 Å². The number of hydrogen-bond donors (Lipinski definition) is 1. The summed E-state index contributed by atoms with van der Waals surface area (Å²) in [6.07, 6.45) is 1.07. The quantitative estimate of drug-likeness (QED) is 0.811. The first kappa shape index (κ1) is 14.0. The fraction of sp³-hybridized carbons (Fsp3) is 0.400. The predicted octanol–water partition coefficient (Wildman–Crippen LogP) is 3.41. The molecule has 2 N–H and O–H groups in total. The molecule has 0 amide bonds. The van der Waals surface area contributed by atoms with Gasteiger partial charge in [0.15, 0.2) is 0 Å². The van der Waals surface area contributed by atoms with E-state index in [-0.39, 0.29) is 0 Å². The van der Waals surface area contributed by atoms with Gasteiger partial charge < -0.3 is 10.6 Å². The summed E-state index contributed by atoms with van der Waals surface area (Å²) in [5.41, 5.74) is 8.94. The van der Waals surface area contributed by atoms with E-state index in [1.165, 1.54) is 16.1 Å². The molecule has 1 aliphatic rings. The van der Waals surface area contributed by atoms with Crippen LogP contribution >= 0.6 is 11.3 Å². The van der Waals surface area contributed by atoms with Crippen LogP contribution in [0.5, 0.6) is 0 Å². The molecule has 0 atom stereocenters. The van der Waals surface area contributed by atoms with Gasteiger partial charge in [-0.3, -0.25) is 0 Å². The number of aromatic nitrogens is 1. The van der Waals surface area contributed by atoms with Gasteiger partial charge in [-0.15, -0.1) is 11.3 Å². The molecule has 0 aliphatic carbocycles. The van der Waals surface area contributed by atoms with Gasteiger partial charge >= 0.3 is 0 Å². The van der Waals surface area contributed by atoms with E-state index < -0.39 is 0 Å². The van der Waals surface area contributed by atoms with E-state index in [9.17, 15) is 0 Å². The zero-order chi connectivity index (χ0) is 13.8. The van der Waals surface area contributed by atoms with Crippen molar-refractivity contribution in [1.29, 1.82) is 0 Å². The van der Waals surface area contributed by atoms with Gasteiger partial charge in [0.25, 0.3) is 0 Å². The minimum atomic E-state index is 0.801. The van der Waals surface area contributed by atoms with Crippen molar-refractivity contribution in [3.05, 3.63) is 34.8 Å². The Bertz CT molecular complexity index is 531. The van der Waals surface area contributed by atoms with Crippen LogP contribution in [0.4, 0.5) is 5.69 Å². The second-order valence-electron chi connectivity index (χ2n) is 4.50. The molecule has 2 aromatic rings. The van der Waals surface area contributed by atoms with Crippen molar-refractivity contribution in [2.24, 2.45) is 0 Å². The van der Waals surface area contributed by atoms with Crippen molar-refractivity contribution in [2.75, 3.05) is 19.3 Å². The zero-order valence-corrected chi connectivity index (χ0v) is 12.6. The highest BCUT2D eigenvalue weighted by molar-refractivity contribution is 7.15. The number of nitrogens with zero attached hydrogens (tertiary/aromatic N) is 2. The van der Waals surface area contributed by atoms with Gasteiger partial charge in [0.2, 0.25) is 0 Å². The predicted molar refractivity (Wildman–Crippen MR) is 83.3 cm³/mol. The molecule has 0 saturated carbocycles. The lowest BCUT2D eigenvalue weighted by atomic mass is 10.2. The summed E-state index contributed by atoms with van der Waals surface area (Å²) in [4.78, 5) is 8.48. The van der Waals surface area contributed by atoms with Crippen LogP contribution < -0.4 is 5.73 Å². The van der Waals surface area contributed by atoms with Gasteiger partial charge in [-0.2, -0.15) is 0 Å². The molecule has 1 aromatic heterocycles. The minimum Gasteiger partial charge on any atom is -0.399 e. The smallest absolute Gasteiger partial charge is 0.123 e. The summed E-state index contributed by atoms with van der Waals surface area (Å²) in [5, 5.41) is 1.12. The molecule has 2 heterocycles. The Morgan fingerprint density at radius 3 is 2.58 bits per heavy atom. The molecular formula is C15H21N3S. The molecule has 3 nitrogen and oxygen atoms in total. The molecule has 0 unspecified atom stereocenters. The molecule has 1 aliphatic heterocycles. The largest absolute Gasteiger partial charge is 0.399 e. The first-order valence-electron chi connectivity index (χ1n) is 6.75. The lowest BCUT2D eigenvalue weighted by molar-refractivity contribution is 0.314. The lowest BCUT2D eigenvalue weighted by Gasteiger charge is -2.20. The average Bonchev–Trinajstić information content (AvgIpc) is 2.84. The average molecular weight is 275 g/mol. The number of nitrogens with two attached hydrogens (primary N) is 1. The second kappa shape index (κ2) is 6.17. The number of nitrogen functional groups attached to an aromatic ring is 1. The summed E-state index contributed by atoms with van der Waals surface area (Å²) >= 11 is 1.80. The summed E-state index contributed by atoms with van der Waals surface area (Å²) in [7, 11) is 2.16. The summed E-state index contributed by atoms with van der Waals surface area (Å²) in [6, 6.07) is 7.95. The second-order valence-corrected chi connectivity index (χ2v) is 5.58. The van der Waals surface area contributed by atoms with Crippen LogP contribution in [0.1, 0.15) is 24.4 Å². The van der Waals surface area contributed by atoms with Gasteiger partial charge in [-0.25, -0.2) is 4.98 Å². The molecule has 1 aromatic carbocycles. The highest BCUT2D eigenvalue weighted by Gasteiger charge is 2.18. The maximum absolute atomic E-state index is 5.70. The molecule has 0 saturated heterocycles. The molecule has 0 bridgehead atoms. The highest BCUT2D eigenvalue weighted by atomic mass is 32.1. The van der Waals surface area contributed by atoms with Gasteiger partial charge in [-0.1, -0.05) is 13.8 Å². The van der Waals surface area contributed by atoms with Gasteiger partial charge in [0.05, 0.1) is 5.69 Å². The third-order valence-electron chi connectivity index (χ3n) is 3.08. The topological polar surface area (TPSA) is 42.2 Å². The minimum absolute atomic E-state index is 0.801. The van der Waals surface area contributed by atoms with Crippen LogP contribution in [0, 0.1) is 0 Å². The number of anilines is 1. The number of likely N-dealkylation sites (N-methyl/N-ethyl adjacent to an activating group) is 1. The van der Waals surface area contributed by atoms with Crippen molar-refractivity contribution in [1.82, 2.24) is 9.88 Å². The summed E-state index contributed by atoms with van der Waals surface area (Å²) in [5.74, 6) is 0. The first-order valence-corrected chi connectivity index (χ1v) is 7.57. The monoisotopic (exact) mass is 275 g/mol. The molecular weight excluding hydrogens is 254 g/mol. The third-order valence-corrected chi connectivity index (χ3v) is 4.21. The maximum Gasteiger partial charge on any atom is 0.123 e. The molecule has 0 spiro atoms. The fourth-order valence-electron chi connectivity index (χ4n) is 2.07. The fourth-order valence-corrected chi connectivity index (χ4v) is 3.27. The molecule has 102 valence electrons. The Kier molecular flexibility index (Phi) is 4.56. The van der Waals surface area contributed by atoms with E-state index >= 15 is 0 Å². The Balaban J connectivity index is 0.000000637. The first-order chi connectivity index (χ1) is 9.22. The number of fused-ring (bicyclic) bond motifs is 1. The molecule has 0 radical (unpaired) electrons. The Hall–Kier alpha value is -1.39. The summed E-state index contributed by atoms with van der Waals surface area (Å²) in [6.45, 7) is 6.14. The van der Waals surface area contributed by atoms with E-state index in [4.69, 9.17) is 10.7 Å². The van der Waals surface area contributed by atoms with Gasteiger partial charge in [0, 0.05) is 35.6 Å². The van der Waals surface area contributed by atoms with Crippen molar-refractivity contribution in [3.8, 4) is 10.6 Å². The van der Waals surface area contributed by atoms with E-state index in [1.807, 2.05) is 38.1 Å². The van der Waals surface area contributed by atoms with Crippen LogP contribution in [0.3, 0.4) is 0 Å². The molecule has 0 fully saturated rings. The summed E-state index contributed by atoms with van der Waals surface area (Å²) < 4.78 is 0. The van der Waals surface area contributed by atoms with E-state index in [2.05, 4.69) is 11.9 Å². The van der Waals surface area contributed by atoms with Crippen LogP contribution in [-0.2, 0) is 13.0 Å². The van der Waals surface area contributed by atoms with Crippen LogP contribution in [0.15, 0.2) is 24.3 Å². The van der Waals surface area contributed by atoms with Crippen LogP contribution in [0.25, 0.3) is 10.6 Å². The SMILES string of the molecule is CC.CN1CCc2nc(-c3ccc(N)cc3)sc2C1. The maximum atomic E-state index is 5.70. The number of rotatable bonds is 1. The van der Waals surface area contributed by atoms with E-state index in [0.29, 0.717) is 0 Å². The zero-order valence-electron chi connectivity index (χ0n) is 11.8. The van der Waals surface area contributed by atoms with Crippen molar-refractivity contribution in [2.45, 2.75) is 26.8 Å². The van der Waals surface area contributed by atoms with Gasteiger partial charge in [0.1, 0.15) is 5.01 Å². The number of benzene rings is 1. The van der Waals surface area contributed by atoms with Gasteiger partial charge in [-0.05, 0) is 31.3 Å². The van der Waals surface area contributed by atoms with Crippen molar-refractivity contribution < 1.29 is 0 Å².